The molecule has 128 valence electrons. The van der Waals surface area contributed by atoms with Crippen LogP contribution in [-0.4, -0.2) is 20.4 Å². The van der Waals surface area contributed by atoms with Gasteiger partial charge >= 0.3 is 0 Å². The summed E-state index contributed by atoms with van der Waals surface area (Å²) >= 11 is 0. The van der Waals surface area contributed by atoms with E-state index in [1.54, 1.807) is 53.9 Å². The lowest BCUT2D eigenvalue weighted by Crippen LogP contribution is -2.29. The lowest BCUT2D eigenvalue weighted by molar-refractivity contribution is 0.0939. The predicted molar refractivity (Wildman–Crippen MR) is 95.8 cm³/mol. The number of aromatic nitrogens is 3. The van der Waals surface area contributed by atoms with Gasteiger partial charge in [0.25, 0.3) is 5.91 Å². The molecule has 4 rings (SSSR count). The zero-order valence-corrected chi connectivity index (χ0v) is 13.8. The van der Waals surface area contributed by atoms with Gasteiger partial charge in [-0.25, -0.2) is 9.97 Å². The van der Waals surface area contributed by atoms with Gasteiger partial charge in [0, 0.05) is 24.2 Å². The first-order chi connectivity index (χ1) is 12.8. The smallest absolute Gasteiger partial charge is 0.252 e. The number of benzene rings is 1. The summed E-state index contributed by atoms with van der Waals surface area (Å²) < 4.78 is 7.28. The second-order valence-corrected chi connectivity index (χ2v) is 5.71. The minimum atomic E-state index is -0.372. The Labute approximate surface area is 150 Å². The third-order valence-corrected chi connectivity index (χ3v) is 4.01. The first kappa shape index (κ1) is 15.8. The van der Waals surface area contributed by atoms with Gasteiger partial charge in [0.15, 0.2) is 0 Å². The molecule has 3 heterocycles. The molecule has 0 aliphatic carbocycles. The molecule has 0 aliphatic heterocycles. The molecule has 0 saturated heterocycles. The molecule has 0 saturated carbocycles. The van der Waals surface area contributed by atoms with Crippen molar-refractivity contribution < 1.29 is 9.21 Å². The highest BCUT2D eigenvalue weighted by Crippen LogP contribution is 2.23. The third kappa shape index (κ3) is 3.25. The summed E-state index contributed by atoms with van der Waals surface area (Å²) in [6.45, 7) is 0. The van der Waals surface area contributed by atoms with Crippen molar-refractivity contribution in [3.8, 4) is 5.82 Å². The normalized spacial score (nSPS) is 11.8. The Morgan fingerprint density at radius 3 is 2.69 bits per heavy atom. The van der Waals surface area contributed by atoms with Gasteiger partial charge in [0.1, 0.15) is 23.9 Å². The van der Waals surface area contributed by atoms with E-state index >= 15 is 0 Å². The number of nitrogens with one attached hydrogen (secondary N) is 1. The number of carbonyl (C=O) groups excluding carboxylic acids is 1. The molecule has 26 heavy (non-hydrogen) atoms. The fourth-order valence-electron chi connectivity index (χ4n) is 2.73. The number of nitrogens with zero attached hydrogens (tertiary/aromatic N) is 3. The highest BCUT2D eigenvalue weighted by atomic mass is 16.3. The van der Waals surface area contributed by atoms with Crippen molar-refractivity contribution in [1.82, 2.24) is 19.9 Å². The van der Waals surface area contributed by atoms with Crippen LogP contribution in [0.1, 0.15) is 27.7 Å². The van der Waals surface area contributed by atoms with Gasteiger partial charge in [-0.05, 0) is 29.8 Å². The highest BCUT2D eigenvalue weighted by molar-refractivity contribution is 5.95. The second-order valence-electron chi connectivity index (χ2n) is 5.71. The van der Waals surface area contributed by atoms with Crippen molar-refractivity contribution >= 4 is 5.91 Å². The molecular weight excluding hydrogens is 328 g/mol. The number of rotatable bonds is 5. The van der Waals surface area contributed by atoms with E-state index in [2.05, 4.69) is 15.3 Å². The van der Waals surface area contributed by atoms with Gasteiger partial charge in [0.2, 0.25) is 0 Å². The monoisotopic (exact) mass is 344 g/mol. The standard InChI is InChI=1S/C20H16N4O2/c25-20(16-8-9-22-18(13-16)24-11-10-21-14-24)23-19(17-7-4-12-26-17)15-5-2-1-3-6-15/h1-14,19H,(H,23,25). The molecule has 1 unspecified atom stereocenters. The Balaban J connectivity index is 1.62. The summed E-state index contributed by atoms with van der Waals surface area (Å²) in [5, 5.41) is 3.04. The predicted octanol–water partition coefficient (Wildman–Crippen LogP) is 3.38. The van der Waals surface area contributed by atoms with Crippen LogP contribution in [-0.2, 0) is 0 Å². The Bertz CT molecular complexity index is 980. The van der Waals surface area contributed by atoms with E-state index in [1.807, 2.05) is 36.4 Å². The van der Waals surface area contributed by atoms with Crippen LogP contribution in [0.25, 0.3) is 5.82 Å². The molecule has 1 atom stereocenters. The molecular formula is C20H16N4O2. The van der Waals surface area contributed by atoms with E-state index in [-0.39, 0.29) is 11.9 Å². The largest absolute Gasteiger partial charge is 0.467 e. The van der Waals surface area contributed by atoms with E-state index in [0.29, 0.717) is 17.1 Å². The quantitative estimate of drug-likeness (QED) is 0.602. The zero-order valence-electron chi connectivity index (χ0n) is 13.8. The molecule has 0 fully saturated rings. The van der Waals surface area contributed by atoms with E-state index in [9.17, 15) is 4.79 Å². The van der Waals surface area contributed by atoms with Crippen molar-refractivity contribution in [3.63, 3.8) is 0 Å². The average molecular weight is 344 g/mol. The Morgan fingerprint density at radius 2 is 1.96 bits per heavy atom. The average Bonchev–Trinajstić information content (AvgIpc) is 3.40. The molecule has 4 aromatic rings. The molecule has 3 aromatic heterocycles. The number of hydrogen-bond acceptors (Lipinski definition) is 4. The number of furan rings is 1. The Morgan fingerprint density at radius 1 is 1.08 bits per heavy atom. The van der Waals surface area contributed by atoms with Crippen LogP contribution in [0, 0.1) is 0 Å². The van der Waals surface area contributed by atoms with Crippen LogP contribution in [0.15, 0.2) is 90.2 Å². The molecule has 1 aromatic carbocycles. The van der Waals surface area contributed by atoms with E-state index < -0.39 is 0 Å². The van der Waals surface area contributed by atoms with Crippen molar-refractivity contribution in [1.29, 1.82) is 0 Å². The minimum absolute atomic E-state index is 0.209. The summed E-state index contributed by atoms with van der Waals surface area (Å²) in [5.74, 6) is 1.09. The fourth-order valence-corrected chi connectivity index (χ4v) is 2.73. The molecule has 6 nitrogen and oxygen atoms in total. The lowest BCUT2D eigenvalue weighted by Gasteiger charge is -2.17. The van der Waals surface area contributed by atoms with Crippen molar-refractivity contribution in [2.24, 2.45) is 0 Å². The number of pyridine rings is 1. The molecule has 0 spiro atoms. The SMILES string of the molecule is O=C(NC(c1ccccc1)c1ccco1)c1ccnc(-n2ccnc2)c1. The third-order valence-electron chi connectivity index (χ3n) is 4.01. The molecule has 1 amide bonds. The van der Waals surface area contributed by atoms with E-state index in [0.717, 1.165) is 5.56 Å². The lowest BCUT2D eigenvalue weighted by atomic mass is 10.0. The van der Waals surface area contributed by atoms with Gasteiger partial charge in [0.05, 0.1) is 6.26 Å². The summed E-state index contributed by atoms with van der Waals surface area (Å²) in [6, 6.07) is 16.4. The topological polar surface area (TPSA) is 73.0 Å². The molecule has 1 N–H and O–H groups in total. The molecule has 6 heteroatoms. The van der Waals surface area contributed by atoms with Crippen molar-refractivity contribution in [3.05, 3.63) is 103 Å². The zero-order chi connectivity index (χ0) is 17.8. The maximum absolute atomic E-state index is 12.8. The minimum Gasteiger partial charge on any atom is -0.467 e. The summed E-state index contributed by atoms with van der Waals surface area (Å²) in [5.41, 5.74) is 1.45. The van der Waals surface area contributed by atoms with Crippen LogP contribution >= 0.6 is 0 Å². The van der Waals surface area contributed by atoms with Crippen LogP contribution in [0.3, 0.4) is 0 Å². The summed E-state index contributed by atoms with van der Waals surface area (Å²) in [4.78, 5) is 21.1. The van der Waals surface area contributed by atoms with Crippen LogP contribution in [0.4, 0.5) is 0 Å². The highest BCUT2D eigenvalue weighted by Gasteiger charge is 2.20. The number of carbonyl (C=O) groups is 1. The number of hydrogen-bond donors (Lipinski definition) is 1. The number of amides is 1. The fraction of sp³-hybridized carbons (Fsp3) is 0.0500. The van der Waals surface area contributed by atoms with Crippen LogP contribution in [0.2, 0.25) is 0 Å². The van der Waals surface area contributed by atoms with Gasteiger partial charge in [-0.15, -0.1) is 0 Å². The Kier molecular flexibility index (Phi) is 4.30. The van der Waals surface area contributed by atoms with E-state index in [4.69, 9.17) is 4.42 Å². The maximum Gasteiger partial charge on any atom is 0.252 e. The van der Waals surface area contributed by atoms with Gasteiger partial charge in [-0.2, -0.15) is 0 Å². The molecule has 0 aliphatic rings. The second kappa shape index (κ2) is 7.06. The van der Waals surface area contributed by atoms with Gasteiger partial charge < -0.3 is 9.73 Å². The van der Waals surface area contributed by atoms with E-state index in [1.165, 1.54) is 0 Å². The van der Waals surface area contributed by atoms with Crippen molar-refractivity contribution in [2.75, 3.05) is 0 Å². The first-order valence-corrected chi connectivity index (χ1v) is 8.15. The van der Waals surface area contributed by atoms with Crippen LogP contribution < -0.4 is 5.32 Å². The first-order valence-electron chi connectivity index (χ1n) is 8.15. The maximum atomic E-state index is 12.8. The van der Waals surface area contributed by atoms with Crippen molar-refractivity contribution in [2.45, 2.75) is 6.04 Å². The Hall–Kier alpha value is -3.67. The summed E-state index contributed by atoms with van der Waals surface area (Å²) in [7, 11) is 0. The number of imidazole rings is 1. The molecule has 0 bridgehead atoms. The van der Waals surface area contributed by atoms with Gasteiger partial charge in [-0.3, -0.25) is 9.36 Å². The van der Waals surface area contributed by atoms with Gasteiger partial charge in [-0.1, -0.05) is 30.3 Å². The van der Waals surface area contributed by atoms with Crippen LogP contribution in [0.5, 0.6) is 0 Å². The molecule has 0 radical (unpaired) electrons. The summed E-state index contributed by atoms with van der Waals surface area (Å²) in [6.07, 6.45) is 8.28.